The molecule has 108 valence electrons. The molecule has 0 aromatic carbocycles. The Bertz CT molecular complexity index is 378. The lowest BCUT2D eigenvalue weighted by molar-refractivity contribution is 0.119. The number of nitrogens with zero attached hydrogens (tertiary/aromatic N) is 2. The minimum atomic E-state index is 0.289. The van der Waals surface area contributed by atoms with Crippen LogP contribution in [-0.2, 0) is 6.54 Å². The molecule has 0 saturated carbocycles. The van der Waals surface area contributed by atoms with Gasteiger partial charge in [-0.25, -0.2) is 0 Å². The van der Waals surface area contributed by atoms with Gasteiger partial charge in [-0.3, -0.25) is 0 Å². The van der Waals surface area contributed by atoms with Gasteiger partial charge in [0.25, 0.3) is 0 Å². The number of likely N-dealkylation sites (tertiary alicyclic amines) is 1. The van der Waals surface area contributed by atoms with E-state index in [4.69, 9.17) is 5.11 Å². The zero-order valence-electron chi connectivity index (χ0n) is 12.1. The molecule has 0 aliphatic carbocycles. The number of aryl methyl sites for hydroxylation is 1. The zero-order valence-corrected chi connectivity index (χ0v) is 13.0. The Balaban J connectivity index is 1.78. The molecule has 0 spiro atoms. The van der Waals surface area contributed by atoms with Crippen LogP contribution in [0.25, 0.3) is 0 Å². The molecule has 1 aliphatic heterocycles. The summed E-state index contributed by atoms with van der Waals surface area (Å²) in [6.45, 7) is 7.86. The van der Waals surface area contributed by atoms with Crippen molar-refractivity contribution in [3.63, 3.8) is 0 Å². The highest BCUT2D eigenvalue weighted by atomic mass is 32.1. The number of aliphatic hydroxyl groups excluding tert-OH is 1. The first-order valence-electron chi connectivity index (χ1n) is 7.23. The third kappa shape index (κ3) is 4.56. The van der Waals surface area contributed by atoms with E-state index < -0.39 is 0 Å². The van der Waals surface area contributed by atoms with Crippen LogP contribution < -0.4 is 0 Å². The number of rotatable bonds is 6. The van der Waals surface area contributed by atoms with Crippen molar-refractivity contribution in [2.45, 2.75) is 26.3 Å². The second kappa shape index (κ2) is 7.39. The van der Waals surface area contributed by atoms with E-state index in [1.165, 1.54) is 29.8 Å². The van der Waals surface area contributed by atoms with Gasteiger partial charge in [0.15, 0.2) is 0 Å². The molecule has 1 aromatic rings. The van der Waals surface area contributed by atoms with Gasteiger partial charge in [-0.1, -0.05) is 0 Å². The molecule has 4 heteroatoms. The van der Waals surface area contributed by atoms with Crippen LogP contribution in [0, 0.1) is 12.8 Å². The molecule has 1 unspecified atom stereocenters. The Labute approximate surface area is 120 Å². The maximum atomic E-state index is 9.04. The summed E-state index contributed by atoms with van der Waals surface area (Å²) < 4.78 is 0. The Hall–Kier alpha value is -0.420. The maximum Gasteiger partial charge on any atom is 0.0558 e. The highest BCUT2D eigenvalue weighted by Gasteiger charge is 2.20. The van der Waals surface area contributed by atoms with E-state index in [1.807, 2.05) is 11.3 Å². The van der Waals surface area contributed by atoms with Crippen LogP contribution in [0.2, 0.25) is 0 Å². The summed E-state index contributed by atoms with van der Waals surface area (Å²) in [7, 11) is 2.23. The lowest BCUT2D eigenvalue weighted by Crippen LogP contribution is -2.41. The van der Waals surface area contributed by atoms with E-state index in [0.29, 0.717) is 0 Å². The van der Waals surface area contributed by atoms with E-state index in [2.05, 4.69) is 35.2 Å². The quantitative estimate of drug-likeness (QED) is 0.866. The summed E-state index contributed by atoms with van der Waals surface area (Å²) in [5.41, 5.74) is 1.42. The summed E-state index contributed by atoms with van der Waals surface area (Å²) in [6, 6.07) is 2.21. The maximum absolute atomic E-state index is 9.04. The summed E-state index contributed by atoms with van der Waals surface area (Å²) in [5, 5.41) is 11.2. The smallest absolute Gasteiger partial charge is 0.0558 e. The summed E-state index contributed by atoms with van der Waals surface area (Å²) >= 11 is 1.86. The van der Waals surface area contributed by atoms with Crippen molar-refractivity contribution in [2.24, 2.45) is 5.92 Å². The molecule has 3 nitrogen and oxygen atoms in total. The molecule has 1 N–H and O–H groups in total. The summed E-state index contributed by atoms with van der Waals surface area (Å²) in [4.78, 5) is 6.34. The van der Waals surface area contributed by atoms with E-state index in [9.17, 15) is 0 Å². The first-order chi connectivity index (χ1) is 9.19. The molecule has 1 saturated heterocycles. The molecule has 19 heavy (non-hydrogen) atoms. The predicted molar refractivity (Wildman–Crippen MR) is 81.6 cm³/mol. The van der Waals surface area contributed by atoms with Gasteiger partial charge in [-0.15, -0.1) is 11.3 Å². The molecule has 1 atom stereocenters. The third-order valence-electron chi connectivity index (χ3n) is 3.97. The minimum Gasteiger partial charge on any atom is -0.395 e. The second-order valence-electron chi connectivity index (χ2n) is 5.76. The number of aliphatic hydroxyl groups is 1. The van der Waals surface area contributed by atoms with Crippen molar-refractivity contribution >= 4 is 11.3 Å². The first kappa shape index (κ1) is 15.0. The topological polar surface area (TPSA) is 26.7 Å². The standard InChI is InChI=1S/C15H26N2OS/c1-13-5-9-19-15(13)12-16(2)10-14-4-3-6-17(11-14)7-8-18/h5,9,14,18H,3-4,6-8,10-12H2,1-2H3. The summed E-state index contributed by atoms with van der Waals surface area (Å²) in [6.07, 6.45) is 2.60. The van der Waals surface area contributed by atoms with Gasteiger partial charge in [0.05, 0.1) is 6.61 Å². The molecule has 2 heterocycles. The van der Waals surface area contributed by atoms with E-state index in [1.54, 1.807) is 0 Å². The summed E-state index contributed by atoms with van der Waals surface area (Å²) in [5.74, 6) is 0.755. The second-order valence-corrected chi connectivity index (χ2v) is 6.76. The fourth-order valence-corrected chi connectivity index (χ4v) is 3.95. The molecular weight excluding hydrogens is 256 g/mol. The number of hydrogen-bond acceptors (Lipinski definition) is 4. The van der Waals surface area contributed by atoms with Crippen LogP contribution in [-0.4, -0.2) is 54.7 Å². The van der Waals surface area contributed by atoms with E-state index >= 15 is 0 Å². The lowest BCUT2D eigenvalue weighted by atomic mass is 9.97. The van der Waals surface area contributed by atoms with Crippen molar-refractivity contribution in [3.8, 4) is 0 Å². The van der Waals surface area contributed by atoms with Crippen molar-refractivity contribution in [1.29, 1.82) is 0 Å². The Morgan fingerprint density at radius 2 is 2.37 bits per heavy atom. The van der Waals surface area contributed by atoms with Gasteiger partial charge >= 0.3 is 0 Å². The fourth-order valence-electron chi connectivity index (χ4n) is 2.96. The van der Waals surface area contributed by atoms with Gasteiger partial charge in [-0.05, 0) is 56.3 Å². The molecule has 1 aliphatic rings. The zero-order chi connectivity index (χ0) is 13.7. The van der Waals surface area contributed by atoms with E-state index in [-0.39, 0.29) is 6.61 Å². The molecule has 0 bridgehead atoms. The molecule has 1 fully saturated rings. The average Bonchev–Trinajstić information content (AvgIpc) is 2.76. The van der Waals surface area contributed by atoms with Crippen molar-refractivity contribution in [3.05, 3.63) is 21.9 Å². The average molecular weight is 282 g/mol. The Kier molecular flexibility index (Phi) is 5.82. The fraction of sp³-hybridized carbons (Fsp3) is 0.733. The molecule has 1 aromatic heterocycles. The molecule has 2 rings (SSSR count). The van der Waals surface area contributed by atoms with Crippen LogP contribution in [0.15, 0.2) is 11.4 Å². The molecule has 0 amide bonds. The SMILES string of the molecule is Cc1ccsc1CN(C)CC1CCCN(CCO)C1. The van der Waals surface area contributed by atoms with Crippen molar-refractivity contribution in [2.75, 3.05) is 39.8 Å². The van der Waals surface area contributed by atoms with E-state index in [0.717, 1.165) is 32.1 Å². The number of thiophene rings is 1. The van der Waals surface area contributed by atoms with Gasteiger partial charge in [-0.2, -0.15) is 0 Å². The normalized spacial score (nSPS) is 21.2. The number of piperidine rings is 1. The largest absolute Gasteiger partial charge is 0.395 e. The minimum absolute atomic E-state index is 0.289. The highest BCUT2D eigenvalue weighted by molar-refractivity contribution is 7.10. The lowest BCUT2D eigenvalue weighted by Gasteiger charge is -2.34. The van der Waals surface area contributed by atoms with Crippen LogP contribution in [0.3, 0.4) is 0 Å². The molecule has 0 radical (unpaired) electrons. The van der Waals surface area contributed by atoms with Crippen molar-refractivity contribution < 1.29 is 5.11 Å². The number of β-amino-alcohol motifs (C(OH)–C–C–N with tert-alkyl or cyclic N) is 1. The van der Waals surface area contributed by atoms with Crippen LogP contribution in [0.4, 0.5) is 0 Å². The Morgan fingerprint density at radius 1 is 1.53 bits per heavy atom. The van der Waals surface area contributed by atoms with Gasteiger partial charge < -0.3 is 14.9 Å². The van der Waals surface area contributed by atoms with Crippen LogP contribution >= 0.6 is 11.3 Å². The first-order valence-corrected chi connectivity index (χ1v) is 8.11. The van der Waals surface area contributed by atoms with Crippen LogP contribution in [0.1, 0.15) is 23.3 Å². The van der Waals surface area contributed by atoms with Gasteiger partial charge in [0.1, 0.15) is 0 Å². The predicted octanol–water partition coefficient (Wildman–Crippen LogP) is 2.19. The molecular formula is C15H26N2OS. The van der Waals surface area contributed by atoms with Gasteiger partial charge in [0, 0.05) is 31.1 Å². The monoisotopic (exact) mass is 282 g/mol. The Morgan fingerprint density at radius 3 is 3.05 bits per heavy atom. The van der Waals surface area contributed by atoms with Crippen molar-refractivity contribution in [1.82, 2.24) is 9.80 Å². The third-order valence-corrected chi connectivity index (χ3v) is 4.98. The van der Waals surface area contributed by atoms with Crippen LogP contribution in [0.5, 0.6) is 0 Å². The number of hydrogen-bond donors (Lipinski definition) is 1. The highest BCUT2D eigenvalue weighted by Crippen LogP contribution is 2.20. The van der Waals surface area contributed by atoms with Gasteiger partial charge in [0.2, 0.25) is 0 Å².